The molecule has 1 aliphatic rings. The molecule has 0 amide bonds. The Labute approximate surface area is 93.6 Å². The lowest BCUT2D eigenvalue weighted by molar-refractivity contribution is 0.602. The van der Waals surface area contributed by atoms with Gasteiger partial charge < -0.3 is 4.57 Å². The third-order valence-electron chi connectivity index (χ3n) is 2.96. The van der Waals surface area contributed by atoms with Gasteiger partial charge in [-0.05, 0) is 32.1 Å². The summed E-state index contributed by atoms with van der Waals surface area (Å²) < 4.78 is 1.55. The Kier molecular flexibility index (Phi) is 3.39. The van der Waals surface area contributed by atoms with Gasteiger partial charge in [-0.15, -0.1) is 0 Å². The molecule has 0 saturated carbocycles. The lowest BCUT2D eigenvalue weighted by atomic mass is 9.97. The molecular formula is C12H16N2O2. The minimum Gasteiger partial charge on any atom is -0.300 e. The molecule has 0 unspecified atom stereocenters. The predicted octanol–water partition coefficient (Wildman–Crippen LogP) is 1.43. The molecule has 1 aromatic heterocycles. The zero-order chi connectivity index (χ0) is 11.4. The second-order valence-electron chi connectivity index (χ2n) is 4.16. The fourth-order valence-electron chi connectivity index (χ4n) is 2.02. The number of aromatic nitrogens is 2. The van der Waals surface area contributed by atoms with Crippen molar-refractivity contribution >= 4 is 0 Å². The Bertz CT molecular complexity index is 496. The molecule has 16 heavy (non-hydrogen) atoms. The number of hydrogen-bond acceptors (Lipinski definition) is 2. The van der Waals surface area contributed by atoms with Crippen LogP contribution < -0.4 is 11.2 Å². The molecule has 0 radical (unpaired) electrons. The number of nitrogens with one attached hydrogen (secondary N) is 1. The van der Waals surface area contributed by atoms with Crippen LogP contribution in [0.4, 0.5) is 0 Å². The van der Waals surface area contributed by atoms with Gasteiger partial charge in [0.2, 0.25) is 0 Å². The topological polar surface area (TPSA) is 54.9 Å². The molecule has 1 aromatic rings. The van der Waals surface area contributed by atoms with E-state index in [2.05, 4.69) is 11.1 Å². The third-order valence-corrected chi connectivity index (χ3v) is 2.96. The summed E-state index contributed by atoms with van der Waals surface area (Å²) in [6, 6.07) is 1.39. The fourth-order valence-corrected chi connectivity index (χ4v) is 2.02. The first-order valence-electron chi connectivity index (χ1n) is 5.73. The van der Waals surface area contributed by atoms with Crippen LogP contribution >= 0.6 is 0 Å². The zero-order valence-electron chi connectivity index (χ0n) is 9.24. The first kappa shape index (κ1) is 10.9. The van der Waals surface area contributed by atoms with Crippen LogP contribution in [0.3, 0.4) is 0 Å². The highest BCUT2D eigenvalue weighted by Gasteiger charge is 2.04. The SMILES string of the molecule is O=c1ccn(CCC2=CCCCC2)c(=O)[nH]1. The van der Waals surface area contributed by atoms with Crippen molar-refractivity contribution in [1.29, 1.82) is 0 Å². The van der Waals surface area contributed by atoms with Gasteiger partial charge in [0, 0.05) is 18.8 Å². The number of H-pyrrole nitrogens is 1. The van der Waals surface area contributed by atoms with E-state index in [1.165, 1.54) is 24.5 Å². The maximum absolute atomic E-state index is 11.4. The van der Waals surface area contributed by atoms with Crippen molar-refractivity contribution in [1.82, 2.24) is 9.55 Å². The summed E-state index contributed by atoms with van der Waals surface area (Å²) in [4.78, 5) is 24.5. The monoisotopic (exact) mass is 220 g/mol. The van der Waals surface area contributed by atoms with Gasteiger partial charge in [-0.25, -0.2) is 4.79 Å². The first-order chi connectivity index (χ1) is 7.75. The molecule has 2 rings (SSSR count). The van der Waals surface area contributed by atoms with E-state index in [-0.39, 0.29) is 11.2 Å². The quantitative estimate of drug-likeness (QED) is 0.783. The molecule has 1 heterocycles. The van der Waals surface area contributed by atoms with Crippen LogP contribution in [0.2, 0.25) is 0 Å². The highest BCUT2D eigenvalue weighted by atomic mass is 16.2. The van der Waals surface area contributed by atoms with Crippen molar-refractivity contribution in [2.75, 3.05) is 0 Å². The Morgan fingerprint density at radius 2 is 2.19 bits per heavy atom. The molecule has 1 N–H and O–H groups in total. The molecule has 1 aliphatic carbocycles. The van der Waals surface area contributed by atoms with Gasteiger partial charge in [-0.2, -0.15) is 0 Å². The van der Waals surface area contributed by atoms with Crippen molar-refractivity contribution in [2.45, 2.75) is 38.6 Å². The molecule has 4 nitrogen and oxygen atoms in total. The Hall–Kier alpha value is -1.58. The summed E-state index contributed by atoms with van der Waals surface area (Å²) >= 11 is 0. The second-order valence-corrected chi connectivity index (χ2v) is 4.16. The summed E-state index contributed by atoms with van der Waals surface area (Å²) in [7, 11) is 0. The van der Waals surface area contributed by atoms with Crippen LogP contribution in [0.1, 0.15) is 32.1 Å². The van der Waals surface area contributed by atoms with Gasteiger partial charge in [0.1, 0.15) is 0 Å². The third kappa shape index (κ3) is 2.72. The van der Waals surface area contributed by atoms with Gasteiger partial charge >= 0.3 is 5.69 Å². The molecule has 0 aromatic carbocycles. The summed E-state index contributed by atoms with van der Waals surface area (Å²) in [6.07, 6.45) is 9.60. The molecular weight excluding hydrogens is 204 g/mol. The Balaban J connectivity index is 2.02. The molecule has 0 bridgehead atoms. The van der Waals surface area contributed by atoms with Crippen LogP contribution in [0, 0.1) is 0 Å². The van der Waals surface area contributed by atoms with E-state index < -0.39 is 0 Å². The van der Waals surface area contributed by atoms with Crippen LogP contribution in [-0.4, -0.2) is 9.55 Å². The van der Waals surface area contributed by atoms with E-state index in [1.807, 2.05) is 0 Å². The molecule has 0 aliphatic heterocycles. The highest BCUT2D eigenvalue weighted by molar-refractivity contribution is 5.04. The van der Waals surface area contributed by atoms with Crippen LogP contribution in [-0.2, 0) is 6.54 Å². The standard InChI is InChI=1S/C12H16N2O2/c15-11-7-9-14(12(16)13-11)8-6-10-4-2-1-3-5-10/h4,7,9H,1-3,5-6,8H2,(H,13,15,16). The molecule has 0 atom stereocenters. The predicted molar refractivity (Wildman–Crippen MR) is 62.5 cm³/mol. The zero-order valence-corrected chi connectivity index (χ0v) is 9.24. The van der Waals surface area contributed by atoms with E-state index in [0.717, 1.165) is 19.3 Å². The van der Waals surface area contributed by atoms with Crippen molar-refractivity contribution in [3.05, 3.63) is 44.8 Å². The van der Waals surface area contributed by atoms with Crippen LogP contribution in [0.15, 0.2) is 33.5 Å². The molecule has 0 fully saturated rings. The number of aromatic amines is 1. The average molecular weight is 220 g/mol. The summed E-state index contributed by atoms with van der Waals surface area (Å²) in [5, 5.41) is 0. The minimum atomic E-state index is -0.335. The smallest absolute Gasteiger partial charge is 0.300 e. The highest BCUT2D eigenvalue weighted by Crippen LogP contribution is 2.20. The number of hydrogen-bond donors (Lipinski definition) is 1. The van der Waals surface area contributed by atoms with E-state index in [0.29, 0.717) is 6.54 Å². The number of aryl methyl sites for hydroxylation is 1. The molecule has 4 heteroatoms. The lowest BCUT2D eigenvalue weighted by Crippen LogP contribution is -2.28. The molecule has 0 spiro atoms. The van der Waals surface area contributed by atoms with E-state index in [4.69, 9.17) is 0 Å². The fraction of sp³-hybridized carbons (Fsp3) is 0.500. The van der Waals surface area contributed by atoms with Crippen molar-refractivity contribution in [2.24, 2.45) is 0 Å². The van der Waals surface area contributed by atoms with Crippen molar-refractivity contribution in [3.63, 3.8) is 0 Å². The largest absolute Gasteiger partial charge is 0.328 e. The first-order valence-corrected chi connectivity index (χ1v) is 5.73. The van der Waals surface area contributed by atoms with E-state index in [1.54, 1.807) is 10.8 Å². The number of allylic oxidation sites excluding steroid dienone is 2. The Morgan fingerprint density at radius 3 is 2.88 bits per heavy atom. The van der Waals surface area contributed by atoms with Crippen LogP contribution in [0.5, 0.6) is 0 Å². The summed E-state index contributed by atoms with van der Waals surface area (Å²) in [6.45, 7) is 0.654. The number of rotatable bonds is 3. The Morgan fingerprint density at radius 1 is 1.31 bits per heavy atom. The maximum atomic E-state index is 11.4. The molecule has 0 saturated heterocycles. The van der Waals surface area contributed by atoms with Gasteiger partial charge in [0.25, 0.3) is 5.56 Å². The van der Waals surface area contributed by atoms with E-state index in [9.17, 15) is 9.59 Å². The van der Waals surface area contributed by atoms with Crippen LogP contribution in [0.25, 0.3) is 0 Å². The van der Waals surface area contributed by atoms with E-state index >= 15 is 0 Å². The van der Waals surface area contributed by atoms with Gasteiger partial charge in [-0.1, -0.05) is 11.6 Å². The maximum Gasteiger partial charge on any atom is 0.328 e. The normalized spacial score (nSPS) is 15.9. The van der Waals surface area contributed by atoms with Crippen molar-refractivity contribution < 1.29 is 0 Å². The summed E-state index contributed by atoms with van der Waals surface area (Å²) in [5.41, 5.74) is 0.784. The lowest BCUT2D eigenvalue weighted by Gasteiger charge is -2.12. The average Bonchev–Trinajstić information content (AvgIpc) is 2.29. The summed E-state index contributed by atoms with van der Waals surface area (Å²) in [5.74, 6) is 0. The van der Waals surface area contributed by atoms with Crippen molar-refractivity contribution in [3.8, 4) is 0 Å². The van der Waals surface area contributed by atoms with Gasteiger partial charge in [0.15, 0.2) is 0 Å². The molecule has 86 valence electrons. The second kappa shape index (κ2) is 4.96. The number of nitrogens with zero attached hydrogens (tertiary/aromatic N) is 1. The van der Waals surface area contributed by atoms with Gasteiger partial charge in [-0.3, -0.25) is 9.78 Å². The minimum absolute atomic E-state index is 0.316. The van der Waals surface area contributed by atoms with Gasteiger partial charge in [0.05, 0.1) is 0 Å².